The third kappa shape index (κ3) is 3.39. The quantitative estimate of drug-likeness (QED) is 0.847. The van der Waals surface area contributed by atoms with Gasteiger partial charge in [0.25, 0.3) is 5.91 Å². The number of halogens is 3. The Balaban J connectivity index is 2.38. The maximum atomic E-state index is 12.8. The number of carbonyl (C=O) groups excluding carboxylic acids is 1. The maximum Gasteiger partial charge on any atom is 0.416 e. The highest BCUT2D eigenvalue weighted by molar-refractivity contribution is 5.94. The van der Waals surface area contributed by atoms with E-state index in [2.05, 4.69) is 0 Å². The van der Waals surface area contributed by atoms with Crippen molar-refractivity contribution in [1.82, 2.24) is 4.90 Å². The molecular formula is C13H14F3NO2. The number of benzene rings is 1. The Morgan fingerprint density at radius 2 is 1.89 bits per heavy atom. The van der Waals surface area contributed by atoms with Gasteiger partial charge in [-0.05, 0) is 31.0 Å². The van der Waals surface area contributed by atoms with Crippen LogP contribution in [0.15, 0.2) is 18.2 Å². The van der Waals surface area contributed by atoms with Gasteiger partial charge in [0.2, 0.25) is 0 Å². The predicted octanol–water partition coefficient (Wildman–Crippen LogP) is 2.95. The Bertz CT molecular complexity index is 493. The molecule has 1 aliphatic carbocycles. The zero-order valence-electron chi connectivity index (χ0n) is 10.6. The van der Waals surface area contributed by atoms with Crippen molar-refractivity contribution in [3.05, 3.63) is 29.3 Å². The molecule has 0 heterocycles. The molecule has 1 fully saturated rings. The van der Waals surface area contributed by atoms with E-state index in [9.17, 15) is 18.0 Å². The van der Waals surface area contributed by atoms with E-state index in [0.29, 0.717) is 0 Å². The van der Waals surface area contributed by atoms with Crippen molar-refractivity contribution in [3.8, 4) is 5.75 Å². The molecule has 0 aliphatic heterocycles. The number of alkyl halides is 3. The molecule has 0 atom stereocenters. The summed E-state index contributed by atoms with van der Waals surface area (Å²) in [4.78, 5) is 13.0. The fourth-order valence-corrected chi connectivity index (χ4v) is 1.59. The lowest BCUT2D eigenvalue weighted by Crippen LogP contribution is -2.22. The van der Waals surface area contributed by atoms with Gasteiger partial charge in [-0.25, -0.2) is 0 Å². The summed E-state index contributed by atoms with van der Waals surface area (Å²) in [5.74, 6) is -0.380. The van der Waals surface area contributed by atoms with Crippen LogP contribution in [0.4, 0.5) is 13.2 Å². The molecule has 104 valence electrons. The van der Waals surface area contributed by atoms with Crippen LogP contribution >= 0.6 is 0 Å². The van der Waals surface area contributed by atoms with Gasteiger partial charge >= 0.3 is 6.18 Å². The van der Waals surface area contributed by atoms with Crippen molar-refractivity contribution in [1.29, 1.82) is 0 Å². The fraction of sp³-hybridized carbons (Fsp3) is 0.462. The van der Waals surface area contributed by atoms with E-state index in [-0.39, 0.29) is 17.4 Å². The van der Waals surface area contributed by atoms with Crippen LogP contribution in [0.1, 0.15) is 28.8 Å². The molecule has 6 heteroatoms. The first-order valence-corrected chi connectivity index (χ1v) is 5.88. The number of hydrogen-bond acceptors (Lipinski definition) is 2. The molecule has 1 aromatic carbocycles. The average Bonchev–Trinajstić information content (AvgIpc) is 3.10. The molecular weight excluding hydrogens is 259 g/mol. The minimum absolute atomic E-state index is 0.0181. The second-order valence-corrected chi connectivity index (χ2v) is 4.76. The van der Waals surface area contributed by atoms with Gasteiger partial charge in [0.05, 0.1) is 11.7 Å². The molecule has 0 bridgehead atoms. The van der Waals surface area contributed by atoms with Gasteiger partial charge in [0.15, 0.2) is 0 Å². The van der Waals surface area contributed by atoms with Gasteiger partial charge in [-0.1, -0.05) is 0 Å². The third-order valence-corrected chi connectivity index (χ3v) is 2.71. The van der Waals surface area contributed by atoms with E-state index < -0.39 is 17.6 Å². The number of nitrogens with zero attached hydrogens (tertiary/aromatic N) is 1. The molecule has 19 heavy (non-hydrogen) atoms. The van der Waals surface area contributed by atoms with Gasteiger partial charge in [-0.15, -0.1) is 0 Å². The lowest BCUT2D eigenvalue weighted by atomic mass is 10.1. The molecule has 1 aromatic rings. The summed E-state index contributed by atoms with van der Waals surface area (Å²) in [5.41, 5.74) is -0.883. The molecule has 0 unspecified atom stereocenters. The summed E-state index contributed by atoms with van der Waals surface area (Å²) in [6.45, 7) is 0. The predicted molar refractivity (Wildman–Crippen MR) is 63.1 cm³/mol. The van der Waals surface area contributed by atoms with Gasteiger partial charge in [0, 0.05) is 19.7 Å². The smallest absolute Gasteiger partial charge is 0.416 e. The van der Waals surface area contributed by atoms with Crippen LogP contribution in [0.25, 0.3) is 0 Å². The van der Waals surface area contributed by atoms with Gasteiger partial charge < -0.3 is 9.64 Å². The molecule has 2 rings (SSSR count). The highest BCUT2D eigenvalue weighted by atomic mass is 19.4. The van der Waals surface area contributed by atoms with Crippen molar-refractivity contribution >= 4 is 5.91 Å². The van der Waals surface area contributed by atoms with E-state index in [4.69, 9.17) is 4.74 Å². The first-order chi connectivity index (χ1) is 8.77. The molecule has 0 saturated heterocycles. The summed E-state index contributed by atoms with van der Waals surface area (Å²) in [6.07, 6.45) is -2.84. The Labute approximate surface area is 109 Å². The van der Waals surface area contributed by atoms with E-state index in [0.717, 1.165) is 25.0 Å². The summed E-state index contributed by atoms with van der Waals surface area (Å²) in [6, 6.07) is 3.14. The van der Waals surface area contributed by atoms with Crippen molar-refractivity contribution in [3.63, 3.8) is 0 Å². The van der Waals surface area contributed by atoms with Crippen molar-refractivity contribution in [2.75, 3.05) is 14.1 Å². The van der Waals surface area contributed by atoms with E-state index in [1.54, 1.807) is 0 Å². The Morgan fingerprint density at radius 3 is 2.37 bits per heavy atom. The number of rotatable bonds is 3. The number of amides is 1. The van der Waals surface area contributed by atoms with Crippen LogP contribution in [-0.4, -0.2) is 31.0 Å². The second-order valence-electron chi connectivity index (χ2n) is 4.76. The minimum Gasteiger partial charge on any atom is -0.490 e. The number of hydrogen-bond donors (Lipinski definition) is 0. The molecule has 0 radical (unpaired) electrons. The zero-order valence-corrected chi connectivity index (χ0v) is 10.6. The molecule has 0 aromatic heterocycles. The summed E-state index contributed by atoms with van der Waals surface area (Å²) >= 11 is 0. The van der Waals surface area contributed by atoms with Crippen LogP contribution in [0.2, 0.25) is 0 Å². The Hall–Kier alpha value is -1.72. The number of carbonyl (C=O) groups is 1. The zero-order chi connectivity index (χ0) is 14.2. The van der Waals surface area contributed by atoms with Crippen LogP contribution in [0, 0.1) is 0 Å². The standard InChI is InChI=1S/C13H14F3NO2/c1-17(2)12(18)8-5-9(13(14,15)16)7-11(6-8)19-10-3-4-10/h5-7,10H,3-4H2,1-2H3. The topological polar surface area (TPSA) is 29.5 Å². The van der Waals surface area contributed by atoms with Crippen molar-refractivity contribution < 1.29 is 22.7 Å². The van der Waals surface area contributed by atoms with Gasteiger partial charge in [-0.2, -0.15) is 13.2 Å². The van der Waals surface area contributed by atoms with Crippen molar-refractivity contribution in [2.45, 2.75) is 25.1 Å². The van der Waals surface area contributed by atoms with Crippen LogP contribution < -0.4 is 4.74 Å². The first kappa shape index (κ1) is 13.7. The van der Waals surface area contributed by atoms with Crippen LogP contribution in [0.3, 0.4) is 0 Å². The Kier molecular flexibility index (Phi) is 3.43. The number of ether oxygens (including phenoxy) is 1. The summed E-state index contributed by atoms with van der Waals surface area (Å²) < 4.78 is 43.7. The van der Waals surface area contributed by atoms with Gasteiger partial charge in [0.1, 0.15) is 5.75 Å². The van der Waals surface area contributed by atoms with Crippen LogP contribution in [-0.2, 0) is 6.18 Å². The molecule has 0 N–H and O–H groups in total. The molecule has 0 spiro atoms. The SMILES string of the molecule is CN(C)C(=O)c1cc(OC2CC2)cc(C(F)(F)F)c1. The maximum absolute atomic E-state index is 12.8. The summed E-state index contributed by atoms with van der Waals surface area (Å²) in [7, 11) is 2.98. The lowest BCUT2D eigenvalue weighted by molar-refractivity contribution is -0.137. The molecule has 3 nitrogen and oxygen atoms in total. The monoisotopic (exact) mass is 273 g/mol. The molecule has 1 saturated carbocycles. The highest BCUT2D eigenvalue weighted by Crippen LogP contribution is 2.35. The average molecular weight is 273 g/mol. The van der Waals surface area contributed by atoms with E-state index in [1.807, 2.05) is 0 Å². The normalized spacial score (nSPS) is 15.2. The molecule has 1 amide bonds. The second kappa shape index (κ2) is 4.75. The third-order valence-electron chi connectivity index (χ3n) is 2.71. The largest absolute Gasteiger partial charge is 0.490 e. The molecule has 1 aliphatic rings. The lowest BCUT2D eigenvalue weighted by Gasteiger charge is -2.15. The Morgan fingerprint density at radius 1 is 1.26 bits per heavy atom. The van der Waals surface area contributed by atoms with E-state index >= 15 is 0 Å². The highest BCUT2D eigenvalue weighted by Gasteiger charge is 2.33. The van der Waals surface area contributed by atoms with Gasteiger partial charge in [-0.3, -0.25) is 4.79 Å². The summed E-state index contributed by atoms with van der Waals surface area (Å²) in [5, 5.41) is 0. The van der Waals surface area contributed by atoms with Crippen LogP contribution in [0.5, 0.6) is 5.75 Å². The fourth-order valence-electron chi connectivity index (χ4n) is 1.59. The first-order valence-electron chi connectivity index (χ1n) is 5.88. The van der Waals surface area contributed by atoms with Crippen molar-refractivity contribution in [2.24, 2.45) is 0 Å². The van der Waals surface area contributed by atoms with E-state index in [1.165, 1.54) is 25.1 Å². The minimum atomic E-state index is -4.50.